The van der Waals surface area contributed by atoms with Gasteiger partial charge in [0.1, 0.15) is 6.04 Å². The Morgan fingerprint density at radius 1 is 0.879 bits per heavy atom. The summed E-state index contributed by atoms with van der Waals surface area (Å²) >= 11 is 18.1. The maximum Gasteiger partial charge on any atom is 0.326 e. The van der Waals surface area contributed by atoms with Crippen LogP contribution in [0.25, 0.3) is 0 Å². The van der Waals surface area contributed by atoms with Gasteiger partial charge in [0.15, 0.2) is 0 Å². The van der Waals surface area contributed by atoms with E-state index in [0.29, 0.717) is 16.9 Å². The Hall–Kier alpha value is -3.26. The molecule has 0 heterocycles. The molecule has 33 heavy (non-hydrogen) atoms. The summed E-state index contributed by atoms with van der Waals surface area (Å²) in [5.74, 6) is -2.32. The molecule has 0 aliphatic rings. The molecule has 0 radical (unpaired) electrons. The lowest BCUT2D eigenvalue weighted by Crippen LogP contribution is -2.42. The predicted octanol–water partition coefficient (Wildman–Crippen LogP) is 4.91. The summed E-state index contributed by atoms with van der Waals surface area (Å²) in [6.45, 7) is 0. The minimum absolute atomic E-state index is 0.0121. The number of carbonyl (C=O) groups excluding carboxylic acids is 2. The Morgan fingerprint density at radius 2 is 1.52 bits per heavy atom. The largest absolute Gasteiger partial charge is 0.480 e. The topological polar surface area (TPSA) is 122 Å². The van der Waals surface area contributed by atoms with Crippen LogP contribution < -0.4 is 16.4 Å². The number of carboxylic acid groups (broad SMARTS) is 1. The Kier molecular flexibility index (Phi) is 7.81. The Bertz CT molecular complexity index is 1200. The van der Waals surface area contributed by atoms with Crippen molar-refractivity contribution in [3.8, 4) is 0 Å². The van der Waals surface area contributed by atoms with E-state index in [1.807, 2.05) is 0 Å². The van der Waals surface area contributed by atoms with Crippen molar-refractivity contribution in [3.63, 3.8) is 0 Å². The van der Waals surface area contributed by atoms with Gasteiger partial charge in [-0.1, -0.05) is 53.0 Å². The number of halogens is 3. The van der Waals surface area contributed by atoms with Gasteiger partial charge in [0.05, 0.1) is 26.2 Å². The summed E-state index contributed by atoms with van der Waals surface area (Å²) < 4.78 is 0. The highest BCUT2D eigenvalue weighted by atomic mass is 35.5. The van der Waals surface area contributed by atoms with Gasteiger partial charge in [-0.3, -0.25) is 9.59 Å². The number of amides is 2. The first-order chi connectivity index (χ1) is 15.7. The third-order valence-electron chi connectivity index (χ3n) is 4.68. The molecular weight excluding hydrogens is 489 g/mol. The Balaban J connectivity index is 1.68. The molecule has 0 aliphatic heterocycles. The van der Waals surface area contributed by atoms with Crippen molar-refractivity contribution in [2.45, 2.75) is 12.5 Å². The average Bonchev–Trinajstić information content (AvgIpc) is 2.74. The van der Waals surface area contributed by atoms with Crippen LogP contribution in [0.1, 0.15) is 26.3 Å². The van der Waals surface area contributed by atoms with E-state index in [0.717, 1.165) is 0 Å². The number of carbonyl (C=O) groups is 3. The molecule has 170 valence electrons. The predicted molar refractivity (Wildman–Crippen MR) is 129 cm³/mol. The van der Waals surface area contributed by atoms with Crippen LogP contribution in [0.2, 0.25) is 15.1 Å². The standard InChI is InChI=1S/C23H18Cl3N3O4/c24-16-2-1-3-17(25)20(16)22(31)28-14-7-4-12(5-8-14)10-19(23(32)33)29-21(30)15-9-6-13(27)11-18(15)26/h1-9,11,19H,10,27H2,(H,28,31)(H,29,30)(H,32,33)/t19-/m0/s1. The molecule has 3 aromatic rings. The maximum atomic E-state index is 12.5. The molecule has 0 spiro atoms. The van der Waals surface area contributed by atoms with Crippen LogP contribution in [0.4, 0.5) is 11.4 Å². The number of benzene rings is 3. The summed E-state index contributed by atoms with van der Waals surface area (Å²) in [4.78, 5) is 36.7. The molecule has 1 atom stereocenters. The molecule has 0 bridgehead atoms. The molecule has 0 aromatic heterocycles. The van der Waals surface area contributed by atoms with Gasteiger partial charge in [0, 0.05) is 17.8 Å². The normalized spacial score (nSPS) is 11.5. The molecule has 2 amide bonds. The molecule has 3 aromatic carbocycles. The molecule has 0 fully saturated rings. The number of nitrogens with two attached hydrogens (primary N) is 1. The number of carboxylic acids is 1. The number of aliphatic carboxylic acids is 1. The van der Waals surface area contributed by atoms with Crippen molar-refractivity contribution < 1.29 is 19.5 Å². The SMILES string of the molecule is Nc1ccc(C(=O)N[C@@H](Cc2ccc(NC(=O)c3c(Cl)cccc3Cl)cc2)C(=O)O)c(Cl)c1. The summed E-state index contributed by atoms with van der Waals surface area (Å²) in [7, 11) is 0. The van der Waals surface area contributed by atoms with Crippen LogP contribution in [0, 0.1) is 0 Å². The fourth-order valence-corrected chi connectivity index (χ4v) is 3.86. The Morgan fingerprint density at radius 3 is 2.09 bits per heavy atom. The van der Waals surface area contributed by atoms with E-state index in [1.54, 1.807) is 42.5 Å². The lowest BCUT2D eigenvalue weighted by Gasteiger charge is -2.16. The highest BCUT2D eigenvalue weighted by Crippen LogP contribution is 2.25. The highest BCUT2D eigenvalue weighted by molar-refractivity contribution is 6.40. The van der Waals surface area contributed by atoms with Gasteiger partial charge in [-0.05, 0) is 48.0 Å². The molecule has 10 heteroatoms. The summed E-state index contributed by atoms with van der Waals surface area (Å²) in [6, 6.07) is 14.4. The number of nitrogens with one attached hydrogen (secondary N) is 2. The molecule has 0 saturated carbocycles. The van der Waals surface area contributed by atoms with E-state index >= 15 is 0 Å². The van der Waals surface area contributed by atoms with E-state index in [-0.39, 0.29) is 32.6 Å². The van der Waals surface area contributed by atoms with Crippen molar-refractivity contribution in [1.29, 1.82) is 0 Å². The summed E-state index contributed by atoms with van der Waals surface area (Å²) in [5.41, 5.74) is 7.36. The van der Waals surface area contributed by atoms with Crippen molar-refractivity contribution >= 4 is 64.0 Å². The van der Waals surface area contributed by atoms with E-state index in [9.17, 15) is 19.5 Å². The van der Waals surface area contributed by atoms with Gasteiger partial charge in [-0.25, -0.2) is 4.79 Å². The average molecular weight is 507 g/mol. The molecule has 5 N–H and O–H groups in total. The molecule has 0 aliphatic carbocycles. The van der Waals surface area contributed by atoms with Gasteiger partial charge < -0.3 is 21.5 Å². The lowest BCUT2D eigenvalue weighted by molar-refractivity contribution is -0.139. The van der Waals surface area contributed by atoms with Gasteiger partial charge in [-0.15, -0.1) is 0 Å². The number of hydrogen-bond acceptors (Lipinski definition) is 4. The summed E-state index contributed by atoms with van der Waals surface area (Å²) in [5, 5.41) is 15.3. The van der Waals surface area contributed by atoms with Crippen molar-refractivity contribution in [3.05, 3.63) is 92.4 Å². The van der Waals surface area contributed by atoms with Gasteiger partial charge in [-0.2, -0.15) is 0 Å². The van der Waals surface area contributed by atoms with E-state index in [2.05, 4.69) is 10.6 Å². The highest BCUT2D eigenvalue weighted by Gasteiger charge is 2.22. The van der Waals surface area contributed by atoms with Crippen molar-refractivity contribution in [2.24, 2.45) is 0 Å². The van der Waals surface area contributed by atoms with Crippen LogP contribution in [0.3, 0.4) is 0 Å². The minimum Gasteiger partial charge on any atom is -0.480 e. The van der Waals surface area contributed by atoms with E-state index in [4.69, 9.17) is 40.5 Å². The minimum atomic E-state index is -1.21. The fourth-order valence-electron chi connectivity index (χ4n) is 3.02. The van der Waals surface area contributed by atoms with E-state index in [1.165, 1.54) is 18.2 Å². The molecule has 0 saturated heterocycles. The molecule has 7 nitrogen and oxygen atoms in total. The number of hydrogen-bond donors (Lipinski definition) is 4. The third-order valence-corrected chi connectivity index (χ3v) is 5.63. The van der Waals surface area contributed by atoms with Crippen LogP contribution in [0.15, 0.2) is 60.7 Å². The quantitative estimate of drug-likeness (QED) is 0.339. The first-order valence-corrected chi connectivity index (χ1v) is 10.7. The number of anilines is 2. The maximum absolute atomic E-state index is 12.5. The molecule has 3 rings (SSSR count). The zero-order chi connectivity index (χ0) is 24.1. The van der Waals surface area contributed by atoms with Gasteiger partial charge in [0.25, 0.3) is 11.8 Å². The van der Waals surface area contributed by atoms with Crippen molar-refractivity contribution in [2.75, 3.05) is 11.1 Å². The first-order valence-electron chi connectivity index (χ1n) is 9.58. The summed E-state index contributed by atoms with van der Waals surface area (Å²) in [6.07, 6.45) is 0.0121. The second-order valence-electron chi connectivity index (χ2n) is 7.06. The Labute approximate surface area is 204 Å². The van der Waals surface area contributed by atoms with Gasteiger partial charge >= 0.3 is 5.97 Å². The fraction of sp³-hybridized carbons (Fsp3) is 0.0870. The van der Waals surface area contributed by atoms with Crippen LogP contribution in [-0.2, 0) is 11.2 Å². The number of rotatable bonds is 7. The van der Waals surface area contributed by atoms with Crippen LogP contribution in [-0.4, -0.2) is 28.9 Å². The lowest BCUT2D eigenvalue weighted by atomic mass is 10.0. The zero-order valence-corrected chi connectivity index (χ0v) is 19.2. The second kappa shape index (κ2) is 10.6. The monoisotopic (exact) mass is 505 g/mol. The number of nitrogen functional groups attached to an aromatic ring is 1. The second-order valence-corrected chi connectivity index (χ2v) is 8.28. The van der Waals surface area contributed by atoms with Crippen LogP contribution >= 0.6 is 34.8 Å². The van der Waals surface area contributed by atoms with Crippen LogP contribution in [0.5, 0.6) is 0 Å². The zero-order valence-electron chi connectivity index (χ0n) is 16.9. The smallest absolute Gasteiger partial charge is 0.326 e. The molecule has 0 unspecified atom stereocenters. The third kappa shape index (κ3) is 6.16. The molecular formula is C23H18Cl3N3O4. The van der Waals surface area contributed by atoms with E-state index < -0.39 is 23.8 Å². The van der Waals surface area contributed by atoms with Crippen molar-refractivity contribution in [1.82, 2.24) is 5.32 Å². The van der Waals surface area contributed by atoms with Gasteiger partial charge in [0.2, 0.25) is 0 Å². The first kappa shape index (κ1) is 24.4.